The van der Waals surface area contributed by atoms with Crippen LogP contribution >= 0.6 is 11.3 Å². The van der Waals surface area contributed by atoms with Crippen molar-refractivity contribution in [2.45, 2.75) is 25.8 Å². The third-order valence-electron chi connectivity index (χ3n) is 3.24. The number of aliphatic carboxylic acids is 1. The lowest BCUT2D eigenvalue weighted by molar-refractivity contribution is -0.143. The summed E-state index contributed by atoms with van der Waals surface area (Å²) < 4.78 is 0.795. The van der Waals surface area contributed by atoms with E-state index in [0.717, 1.165) is 10.2 Å². The maximum absolute atomic E-state index is 12.2. The molecule has 0 bridgehead atoms. The number of carbonyl (C=O) groups is 2. The predicted octanol–water partition coefficient (Wildman–Crippen LogP) is 1.86. The number of carbonyl (C=O) groups excluding carboxylic acids is 1. The molecule has 0 aliphatic heterocycles. The van der Waals surface area contributed by atoms with E-state index >= 15 is 0 Å². The van der Waals surface area contributed by atoms with Gasteiger partial charge in [0.1, 0.15) is 5.54 Å². The molecule has 0 radical (unpaired) electrons. The van der Waals surface area contributed by atoms with Crippen molar-refractivity contribution in [3.8, 4) is 0 Å². The molecule has 0 aliphatic rings. The summed E-state index contributed by atoms with van der Waals surface area (Å²) in [5.74, 6) is -1.48. The maximum Gasteiger partial charge on any atom is 0.329 e. The Bertz CT molecular complexity index is 683. The van der Waals surface area contributed by atoms with Crippen LogP contribution in [-0.2, 0) is 4.79 Å². The number of carboxylic acids is 1. The van der Waals surface area contributed by atoms with Crippen molar-refractivity contribution < 1.29 is 14.7 Å². The molecule has 7 heteroatoms. The largest absolute Gasteiger partial charge is 0.480 e. The fourth-order valence-electron chi connectivity index (χ4n) is 1.70. The van der Waals surface area contributed by atoms with Crippen molar-refractivity contribution in [1.82, 2.24) is 10.3 Å². The molecule has 4 N–H and O–H groups in total. The van der Waals surface area contributed by atoms with Crippen LogP contribution in [0.2, 0.25) is 0 Å². The van der Waals surface area contributed by atoms with Gasteiger partial charge in [0.15, 0.2) is 5.13 Å². The average Bonchev–Trinajstić information content (AvgIpc) is 2.77. The zero-order chi connectivity index (χ0) is 14.9. The number of amides is 1. The highest BCUT2D eigenvalue weighted by Gasteiger charge is 2.33. The van der Waals surface area contributed by atoms with Crippen molar-refractivity contribution in [3.63, 3.8) is 0 Å². The summed E-state index contributed by atoms with van der Waals surface area (Å²) in [6, 6.07) is 4.96. The molecule has 0 saturated heterocycles. The summed E-state index contributed by atoms with van der Waals surface area (Å²) in [4.78, 5) is 27.5. The summed E-state index contributed by atoms with van der Waals surface area (Å²) in [5, 5.41) is 12.1. The van der Waals surface area contributed by atoms with Crippen molar-refractivity contribution in [2.75, 3.05) is 5.73 Å². The van der Waals surface area contributed by atoms with Gasteiger partial charge < -0.3 is 16.2 Å². The van der Waals surface area contributed by atoms with Gasteiger partial charge in [0.25, 0.3) is 5.91 Å². The van der Waals surface area contributed by atoms with E-state index in [1.165, 1.54) is 18.3 Å². The Hall–Kier alpha value is -2.15. The van der Waals surface area contributed by atoms with E-state index in [4.69, 9.17) is 10.8 Å². The molecule has 0 aliphatic carbocycles. The molecule has 0 spiro atoms. The van der Waals surface area contributed by atoms with E-state index in [1.54, 1.807) is 25.1 Å². The van der Waals surface area contributed by atoms with Crippen LogP contribution in [0.5, 0.6) is 0 Å². The van der Waals surface area contributed by atoms with Crippen LogP contribution in [0.3, 0.4) is 0 Å². The first kappa shape index (κ1) is 14.3. The molecule has 1 atom stereocenters. The minimum atomic E-state index is -1.28. The molecule has 2 rings (SSSR count). The van der Waals surface area contributed by atoms with Gasteiger partial charge in [-0.3, -0.25) is 4.79 Å². The number of anilines is 1. The van der Waals surface area contributed by atoms with Crippen LogP contribution < -0.4 is 11.1 Å². The molecule has 106 valence electrons. The van der Waals surface area contributed by atoms with Crippen molar-refractivity contribution in [1.29, 1.82) is 0 Å². The molecule has 1 aromatic carbocycles. The van der Waals surface area contributed by atoms with E-state index in [-0.39, 0.29) is 0 Å². The molecular formula is C13H15N3O3S. The highest BCUT2D eigenvalue weighted by molar-refractivity contribution is 7.22. The van der Waals surface area contributed by atoms with E-state index in [1.807, 2.05) is 0 Å². The quantitative estimate of drug-likeness (QED) is 0.798. The predicted molar refractivity (Wildman–Crippen MR) is 77.8 cm³/mol. The molecule has 6 nitrogen and oxygen atoms in total. The third-order valence-corrected chi connectivity index (χ3v) is 4.08. The first-order chi connectivity index (χ1) is 9.35. The van der Waals surface area contributed by atoms with Gasteiger partial charge in [-0.25, -0.2) is 9.78 Å². The van der Waals surface area contributed by atoms with Crippen molar-refractivity contribution in [2.24, 2.45) is 0 Å². The SMILES string of the molecule is CCC(C)(NC(=O)c1ccc2nc(N)sc2c1)C(=O)O. The minimum absolute atomic E-state index is 0.295. The number of nitrogens with one attached hydrogen (secondary N) is 1. The van der Waals surface area contributed by atoms with E-state index in [9.17, 15) is 9.59 Å². The average molecular weight is 293 g/mol. The Morgan fingerprint density at radius 2 is 2.20 bits per heavy atom. The number of carboxylic acid groups (broad SMARTS) is 1. The van der Waals surface area contributed by atoms with Crippen molar-refractivity contribution in [3.05, 3.63) is 23.8 Å². The van der Waals surface area contributed by atoms with Crippen LogP contribution in [0.15, 0.2) is 18.2 Å². The van der Waals surface area contributed by atoms with E-state index in [0.29, 0.717) is 17.1 Å². The first-order valence-corrected chi connectivity index (χ1v) is 6.89. The van der Waals surface area contributed by atoms with Crippen LogP contribution in [-0.4, -0.2) is 27.5 Å². The second-order valence-corrected chi connectivity index (χ2v) is 5.74. The third kappa shape index (κ3) is 2.57. The highest BCUT2D eigenvalue weighted by atomic mass is 32.1. The number of nitrogen functional groups attached to an aromatic ring is 1. The lowest BCUT2D eigenvalue weighted by Gasteiger charge is -2.24. The number of nitrogens with zero attached hydrogens (tertiary/aromatic N) is 1. The fourth-order valence-corrected chi connectivity index (χ4v) is 2.47. The van der Waals surface area contributed by atoms with Gasteiger partial charge in [-0.15, -0.1) is 0 Å². The number of rotatable bonds is 4. The molecule has 0 saturated carbocycles. The van der Waals surface area contributed by atoms with Gasteiger partial charge in [-0.05, 0) is 31.5 Å². The Labute approximate surface area is 119 Å². The summed E-state index contributed by atoms with van der Waals surface area (Å²) in [6.07, 6.45) is 0.295. The monoisotopic (exact) mass is 293 g/mol. The molecule has 1 amide bonds. The fraction of sp³-hybridized carbons (Fsp3) is 0.308. The number of benzene rings is 1. The molecule has 1 heterocycles. The van der Waals surface area contributed by atoms with E-state index in [2.05, 4.69) is 10.3 Å². The van der Waals surface area contributed by atoms with Gasteiger partial charge in [-0.1, -0.05) is 18.3 Å². The Kier molecular flexibility index (Phi) is 3.63. The van der Waals surface area contributed by atoms with Gasteiger partial charge in [0.2, 0.25) is 0 Å². The lowest BCUT2D eigenvalue weighted by Crippen LogP contribution is -2.51. The second-order valence-electron chi connectivity index (χ2n) is 4.68. The number of hydrogen-bond donors (Lipinski definition) is 3. The van der Waals surface area contributed by atoms with Gasteiger partial charge in [0, 0.05) is 5.56 Å². The maximum atomic E-state index is 12.2. The van der Waals surface area contributed by atoms with Crippen LogP contribution in [0, 0.1) is 0 Å². The molecular weight excluding hydrogens is 278 g/mol. The summed E-state index contributed by atoms with van der Waals surface area (Å²) in [6.45, 7) is 3.19. The number of thiazole rings is 1. The normalized spacial score (nSPS) is 13.9. The summed E-state index contributed by atoms with van der Waals surface area (Å²) in [5.41, 5.74) is 5.44. The standard InChI is InChI=1S/C13H15N3O3S/c1-3-13(2,11(18)19)16-10(17)7-4-5-8-9(6-7)20-12(14)15-8/h4-6H,3H2,1-2H3,(H2,14,15)(H,16,17)(H,18,19). The Morgan fingerprint density at radius 3 is 2.80 bits per heavy atom. The first-order valence-electron chi connectivity index (χ1n) is 6.07. The summed E-state index contributed by atoms with van der Waals surface area (Å²) >= 11 is 1.28. The summed E-state index contributed by atoms with van der Waals surface area (Å²) in [7, 11) is 0. The number of hydrogen-bond acceptors (Lipinski definition) is 5. The molecule has 0 fully saturated rings. The number of nitrogens with two attached hydrogens (primary N) is 1. The minimum Gasteiger partial charge on any atom is -0.480 e. The highest BCUT2D eigenvalue weighted by Crippen LogP contribution is 2.24. The zero-order valence-corrected chi connectivity index (χ0v) is 12.0. The number of fused-ring (bicyclic) bond motifs is 1. The topological polar surface area (TPSA) is 105 Å². The second kappa shape index (κ2) is 5.09. The van der Waals surface area contributed by atoms with Crippen LogP contribution in [0.1, 0.15) is 30.6 Å². The lowest BCUT2D eigenvalue weighted by atomic mass is 9.98. The molecule has 1 unspecified atom stereocenters. The zero-order valence-electron chi connectivity index (χ0n) is 11.1. The Balaban J connectivity index is 2.29. The van der Waals surface area contributed by atoms with Crippen LogP contribution in [0.25, 0.3) is 10.2 Å². The van der Waals surface area contributed by atoms with Gasteiger partial charge >= 0.3 is 5.97 Å². The molecule has 20 heavy (non-hydrogen) atoms. The van der Waals surface area contributed by atoms with Gasteiger partial charge in [0.05, 0.1) is 10.2 Å². The van der Waals surface area contributed by atoms with E-state index < -0.39 is 17.4 Å². The van der Waals surface area contributed by atoms with Crippen molar-refractivity contribution >= 4 is 38.6 Å². The molecule has 1 aromatic heterocycles. The smallest absolute Gasteiger partial charge is 0.329 e. The van der Waals surface area contributed by atoms with Crippen LogP contribution in [0.4, 0.5) is 5.13 Å². The molecule has 2 aromatic rings. The number of aromatic nitrogens is 1. The Morgan fingerprint density at radius 1 is 1.50 bits per heavy atom. The van der Waals surface area contributed by atoms with Gasteiger partial charge in [-0.2, -0.15) is 0 Å².